The van der Waals surface area contributed by atoms with Crippen LogP contribution in [0.25, 0.3) is 0 Å². The van der Waals surface area contributed by atoms with Crippen LogP contribution in [0, 0.1) is 0 Å². The van der Waals surface area contributed by atoms with E-state index >= 15 is 0 Å². The summed E-state index contributed by atoms with van der Waals surface area (Å²) in [4.78, 5) is 15.5. The molecule has 26 heavy (non-hydrogen) atoms. The Kier molecular flexibility index (Phi) is 6.17. The molecular formula is C20H27N5O. The number of hydrogen-bond donors (Lipinski definition) is 1. The third-order valence-electron chi connectivity index (χ3n) is 4.80. The second-order valence-corrected chi connectivity index (χ2v) is 6.33. The molecule has 1 aliphatic carbocycles. The Morgan fingerprint density at radius 1 is 1.15 bits per heavy atom. The highest BCUT2D eigenvalue weighted by Crippen LogP contribution is 2.25. The first kappa shape index (κ1) is 18.3. The fourth-order valence-electron chi connectivity index (χ4n) is 3.46. The average molecular weight is 353 g/mol. The van der Waals surface area contributed by atoms with Gasteiger partial charge in [0.1, 0.15) is 5.71 Å². The number of ether oxygens (including phenoxy) is 1. The summed E-state index contributed by atoms with van der Waals surface area (Å²) >= 11 is 0. The number of rotatable bonds is 3. The van der Waals surface area contributed by atoms with Crippen molar-refractivity contribution in [3.63, 3.8) is 0 Å². The summed E-state index contributed by atoms with van der Waals surface area (Å²) in [6.07, 6.45) is 11.3. The van der Waals surface area contributed by atoms with E-state index in [1.807, 2.05) is 6.08 Å². The molecule has 2 heterocycles. The van der Waals surface area contributed by atoms with Gasteiger partial charge in [-0.25, -0.2) is 0 Å². The zero-order valence-corrected chi connectivity index (χ0v) is 15.7. The lowest BCUT2D eigenvalue weighted by Crippen LogP contribution is -2.40. The lowest BCUT2D eigenvalue weighted by molar-refractivity contribution is 0.0520. The number of allylic oxidation sites excluding steroid dienone is 5. The van der Waals surface area contributed by atoms with Crippen LogP contribution in [0.3, 0.4) is 0 Å². The molecule has 0 radical (unpaired) electrons. The van der Waals surface area contributed by atoms with Crippen molar-refractivity contribution >= 4 is 17.3 Å². The Morgan fingerprint density at radius 2 is 1.96 bits per heavy atom. The maximum absolute atomic E-state index is 5.47. The quantitative estimate of drug-likeness (QED) is 0.848. The van der Waals surface area contributed by atoms with Gasteiger partial charge < -0.3 is 15.0 Å². The summed E-state index contributed by atoms with van der Waals surface area (Å²) in [7, 11) is 3.52. The molecule has 0 bridgehead atoms. The van der Waals surface area contributed by atoms with Crippen molar-refractivity contribution in [1.82, 2.24) is 10.2 Å². The number of amidine groups is 1. The number of hydrogen-bond acceptors (Lipinski definition) is 5. The van der Waals surface area contributed by atoms with Crippen LogP contribution in [0.2, 0.25) is 0 Å². The monoisotopic (exact) mass is 353 g/mol. The summed E-state index contributed by atoms with van der Waals surface area (Å²) in [5.74, 6) is 0.744. The van der Waals surface area contributed by atoms with E-state index in [2.05, 4.69) is 43.9 Å². The molecule has 0 aromatic rings. The Morgan fingerprint density at radius 3 is 2.65 bits per heavy atom. The molecule has 3 rings (SSSR count). The zero-order chi connectivity index (χ0) is 18.4. The van der Waals surface area contributed by atoms with Crippen LogP contribution >= 0.6 is 0 Å². The molecule has 0 saturated carbocycles. The minimum absolute atomic E-state index is 0.744. The summed E-state index contributed by atoms with van der Waals surface area (Å²) in [6, 6.07) is 0. The first-order valence-electron chi connectivity index (χ1n) is 9.11. The first-order chi connectivity index (χ1) is 12.8. The molecule has 2 aliphatic heterocycles. The van der Waals surface area contributed by atoms with E-state index in [9.17, 15) is 0 Å². The van der Waals surface area contributed by atoms with Gasteiger partial charge in [0, 0.05) is 44.8 Å². The Bertz CT molecular complexity index is 733. The highest BCUT2D eigenvalue weighted by Gasteiger charge is 2.23. The third kappa shape index (κ3) is 4.02. The predicted molar refractivity (Wildman–Crippen MR) is 108 cm³/mol. The molecule has 138 valence electrons. The van der Waals surface area contributed by atoms with Gasteiger partial charge in [0.25, 0.3) is 0 Å². The second-order valence-electron chi connectivity index (χ2n) is 6.33. The molecule has 0 atom stereocenters. The van der Waals surface area contributed by atoms with Crippen molar-refractivity contribution in [2.45, 2.75) is 19.3 Å². The van der Waals surface area contributed by atoms with E-state index in [0.29, 0.717) is 0 Å². The summed E-state index contributed by atoms with van der Waals surface area (Å²) < 4.78 is 5.47. The SMILES string of the molecule is C=CN=C1C=C(C2=CC=C(N3CCOCC3)CCC2)NC(=NC)C1=NC. The van der Waals surface area contributed by atoms with Gasteiger partial charge in [-0.1, -0.05) is 12.7 Å². The largest absolute Gasteiger partial charge is 0.378 e. The molecule has 3 aliphatic rings. The van der Waals surface area contributed by atoms with Gasteiger partial charge in [-0.05, 0) is 37.0 Å². The van der Waals surface area contributed by atoms with Gasteiger partial charge in [0.15, 0.2) is 5.84 Å². The maximum atomic E-state index is 5.47. The zero-order valence-electron chi connectivity index (χ0n) is 15.7. The van der Waals surface area contributed by atoms with Crippen LogP contribution in [0.5, 0.6) is 0 Å². The van der Waals surface area contributed by atoms with Gasteiger partial charge in [-0.3, -0.25) is 15.0 Å². The highest BCUT2D eigenvalue weighted by molar-refractivity contribution is 6.71. The fraction of sp³-hybridized carbons (Fsp3) is 0.450. The topological polar surface area (TPSA) is 61.6 Å². The number of morpholine rings is 1. The lowest BCUT2D eigenvalue weighted by atomic mass is 10.00. The van der Waals surface area contributed by atoms with Crippen molar-refractivity contribution in [2.75, 3.05) is 40.4 Å². The molecule has 0 unspecified atom stereocenters. The summed E-state index contributed by atoms with van der Waals surface area (Å²) in [5.41, 5.74) is 5.26. The van der Waals surface area contributed by atoms with Crippen LogP contribution in [0.15, 0.2) is 63.0 Å². The number of aliphatic imine (C=N–C) groups is 3. The van der Waals surface area contributed by atoms with Crippen LogP contribution in [-0.2, 0) is 4.74 Å². The predicted octanol–water partition coefficient (Wildman–Crippen LogP) is 2.48. The van der Waals surface area contributed by atoms with Crippen molar-refractivity contribution < 1.29 is 4.74 Å². The van der Waals surface area contributed by atoms with E-state index in [1.165, 1.54) is 11.3 Å². The Balaban J connectivity index is 1.89. The number of nitrogens with one attached hydrogen (secondary N) is 1. The Hall–Kier alpha value is -2.47. The van der Waals surface area contributed by atoms with E-state index in [0.717, 1.165) is 68.5 Å². The first-order valence-corrected chi connectivity index (χ1v) is 9.11. The van der Waals surface area contributed by atoms with E-state index in [1.54, 1.807) is 20.3 Å². The van der Waals surface area contributed by atoms with Crippen molar-refractivity contribution in [1.29, 1.82) is 0 Å². The van der Waals surface area contributed by atoms with Crippen LogP contribution in [-0.4, -0.2) is 62.6 Å². The molecule has 0 amide bonds. The van der Waals surface area contributed by atoms with Gasteiger partial charge in [0.05, 0.1) is 18.9 Å². The highest BCUT2D eigenvalue weighted by atomic mass is 16.5. The molecule has 1 fully saturated rings. The summed E-state index contributed by atoms with van der Waals surface area (Å²) in [6.45, 7) is 7.31. The smallest absolute Gasteiger partial charge is 0.153 e. The van der Waals surface area contributed by atoms with Crippen LogP contribution in [0.1, 0.15) is 19.3 Å². The lowest BCUT2D eigenvalue weighted by Gasteiger charge is -2.30. The summed E-state index contributed by atoms with van der Waals surface area (Å²) in [5, 5.41) is 3.42. The van der Waals surface area contributed by atoms with E-state index < -0.39 is 0 Å². The van der Waals surface area contributed by atoms with Crippen LogP contribution in [0.4, 0.5) is 0 Å². The van der Waals surface area contributed by atoms with Crippen molar-refractivity contribution in [3.05, 3.63) is 48.0 Å². The minimum atomic E-state index is 0.744. The molecule has 0 spiro atoms. The third-order valence-corrected chi connectivity index (χ3v) is 4.80. The second kappa shape index (κ2) is 8.76. The minimum Gasteiger partial charge on any atom is -0.378 e. The fourth-order valence-corrected chi connectivity index (χ4v) is 3.46. The molecular weight excluding hydrogens is 326 g/mol. The number of nitrogens with zero attached hydrogens (tertiary/aromatic N) is 4. The Labute approximate surface area is 155 Å². The molecule has 1 N–H and O–H groups in total. The van der Waals surface area contributed by atoms with E-state index in [4.69, 9.17) is 4.74 Å². The van der Waals surface area contributed by atoms with Crippen molar-refractivity contribution in [3.8, 4) is 0 Å². The van der Waals surface area contributed by atoms with E-state index in [-0.39, 0.29) is 0 Å². The van der Waals surface area contributed by atoms with Gasteiger partial charge >= 0.3 is 0 Å². The molecule has 6 heteroatoms. The van der Waals surface area contributed by atoms with Crippen LogP contribution < -0.4 is 5.32 Å². The molecule has 6 nitrogen and oxygen atoms in total. The van der Waals surface area contributed by atoms with Crippen molar-refractivity contribution in [2.24, 2.45) is 15.0 Å². The van der Waals surface area contributed by atoms with Gasteiger partial charge in [-0.2, -0.15) is 0 Å². The maximum Gasteiger partial charge on any atom is 0.153 e. The molecule has 1 saturated heterocycles. The average Bonchev–Trinajstić information content (AvgIpc) is 2.94. The molecule has 0 aromatic carbocycles. The van der Waals surface area contributed by atoms with Gasteiger partial charge in [-0.15, -0.1) is 0 Å². The molecule has 0 aromatic heterocycles. The standard InChI is InChI=1S/C20H27N5O/c1-4-23-18-14-17(24-20(22-3)19(18)21-2)15-6-5-7-16(9-8-15)25-10-12-26-13-11-25/h4,8-9,14H,1,5-7,10-13H2,2-3H3,(H,22,24). The normalized spacial score (nSPS) is 26.2. The van der Waals surface area contributed by atoms with Gasteiger partial charge in [0.2, 0.25) is 0 Å².